The molecule has 0 saturated heterocycles. The van der Waals surface area contributed by atoms with Crippen molar-refractivity contribution >= 4 is 19.8 Å². The molecule has 9 nitrogen and oxygen atoms in total. The van der Waals surface area contributed by atoms with Gasteiger partial charge in [-0.3, -0.25) is 18.6 Å². The van der Waals surface area contributed by atoms with Gasteiger partial charge in [-0.1, -0.05) is 202 Å². The van der Waals surface area contributed by atoms with E-state index in [1.165, 1.54) is 128 Å². The van der Waals surface area contributed by atoms with Crippen LogP contribution in [0.15, 0.2) is 72.9 Å². The van der Waals surface area contributed by atoms with Crippen molar-refractivity contribution in [3.05, 3.63) is 72.9 Å². The molecule has 1 N–H and O–H groups in total. The maximum atomic E-state index is 12.7. The van der Waals surface area contributed by atoms with Crippen molar-refractivity contribution in [1.29, 1.82) is 0 Å². The van der Waals surface area contributed by atoms with Crippen LogP contribution in [0.3, 0.4) is 0 Å². The van der Waals surface area contributed by atoms with E-state index in [9.17, 15) is 19.0 Å². The number of phosphoric acid groups is 1. The van der Waals surface area contributed by atoms with Crippen molar-refractivity contribution in [3.63, 3.8) is 0 Å². The Labute approximate surface area is 393 Å². The maximum absolute atomic E-state index is 12.7. The molecule has 0 fully saturated rings. The average molecular weight is 919 g/mol. The number of quaternary nitrogens is 1. The Kier molecular flexibility index (Phi) is 43.8. The topological polar surface area (TPSA) is 108 Å². The summed E-state index contributed by atoms with van der Waals surface area (Å²) >= 11 is 0. The zero-order chi connectivity index (χ0) is 47.1. The first-order valence-corrected chi connectivity index (χ1v) is 27.2. The Balaban J connectivity index is 4.25. The van der Waals surface area contributed by atoms with E-state index in [2.05, 4.69) is 68.5 Å². The molecule has 0 amide bonds. The molecule has 0 radical (unpaired) electrons. The van der Waals surface area contributed by atoms with Crippen LogP contribution in [0.1, 0.15) is 206 Å². The summed E-state index contributed by atoms with van der Waals surface area (Å²) < 4.78 is 34.3. The first kappa shape index (κ1) is 61.5. The van der Waals surface area contributed by atoms with Crippen LogP contribution < -0.4 is 0 Å². The lowest BCUT2D eigenvalue weighted by Gasteiger charge is -2.24. The molecule has 370 valence electrons. The molecule has 64 heavy (non-hydrogen) atoms. The summed E-state index contributed by atoms with van der Waals surface area (Å²) in [7, 11) is 1.42. The summed E-state index contributed by atoms with van der Waals surface area (Å²) in [6.45, 7) is 4.20. The van der Waals surface area contributed by atoms with E-state index in [0.29, 0.717) is 17.4 Å². The number of allylic oxidation sites excluding steroid dienone is 11. The minimum Gasteiger partial charge on any atom is -0.462 e. The zero-order valence-corrected chi connectivity index (χ0v) is 42.6. The number of rotatable bonds is 46. The van der Waals surface area contributed by atoms with Gasteiger partial charge in [0, 0.05) is 6.42 Å². The van der Waals surface area contributed by atoms with Crippen LogP contribution in [0.2, 0.25) is 0 Å². The van der Waals surface area contributed by atoms with E-state index >= 15 is 0 Å². The largest absolute Gasteiger partial charge is 0.472 e. The van der Waals surface area contributed by atoms with E-state index < -0.39 is 32.5 Å². The van der Waals surface area contributed by atoms with E-state index in [0.717, 1.165) is 44.9 Å². The van der Waals surface area contributed by atoms with Crippen molar-refractivity contribution in [2.75, 3.05) is 47.5 Å². The molecular weight excluding hydrogens is 822 g/mol. The number of nitrogens with zero attached hydrogens (tertiary/aromatic N) is 1. The monoisotopic (exact) mass is 919 g/mol. The van der Waals surface area contributed by atoms with Gasteiger partial charge in [-0.2, -0.15) is 0 Å². The number of ether oxygens (including phenoxy) is 2. The number of carbonyl (C=O) groups excluding carboxylic acids is 2. The van der Waals surface area contributed by atoms with Crippen LogP contribution in [0.25, 0.3) is 0 Å². The number of phosphoric ester groups is 1. The molecule has 0 aliphatic rings. The fourth-order valence-corrected chi connectivity index (χ4v) is 7.53. The lowest BCUT2D eigenvalue weighted by atomic mass is 10.0. The second kappa shape index (κ2) is 45.6. The Hall–Kier alpha value is -2.55. The second-order valence-corrected chi connectivity index (χ2v) is 19.6. The summed E-state index contributed by atoms with van der Waals surface area (Å²) in [5.74, 6) is -0.946. The molecule has 0 spiro atoms. The third kappa shape index (κ3) is 48.9. The molecular formula is C54H97NO8P+. The fourth-order valence-electron chi connectivity index (χ4n) is 6.79. The zero-order valence-electron chi connectivity index (χ0n) is 41.7. The van der Waals surface area contributed by atoms with Crippen molar-refractivity contribution < 1.29 is 42.1 Å². The molecule has 0 aromatic carbocycles. The van der Waals surface area contributed by atoms with Crippen molar-refractivity contribution in [3.8, 4) is 0 Å². The predicted molar refractivity (Wildman–Crippen MR) is 270 cm³/mol. The molecule has 0 aromatic heterocycles. The van der Waals surface area contributed by atoms with E-state index in [-0.39, 0.29) is 26.1 Å². The molecule has 2 unspecified atom stereocenters. The third-order valence-electron chi connectivity index (χ3n) is 10.8. The SMILES string of the molecule is CC/C=C\C/C=C\C/C=C\C/C=C\C/C=C\CC(=O)OC(COC(=O)CCCCCCCCCCCCCCC/C=C\CCCCCCCCCC)COP(=O)(O)OCC[N+](C)(C)C. The third-order valence-corrected chi connectivity index (χ3v) is 11.7. The molecule has 0 heterocycles. The van der Waals surface area contributed by atoms with Gasteiger partial charge in [0.15, 0.2) is 6.10 Å². The molecule has 0 saturated carbocycles. The molecule has 0 aromatic rings. The highest BCUT2D eigenvalue weighted by atomic mass is 31.2. The molecule has 0 aliphatic carbocycles. The quantitative estimate of drug-likeness (QED) is 0.0211. The van der Waals surface area contributed by atoms with Crippen molar-refractivity contribution in [2.45, 2.75) is 213 Å². The van der Waals surface area contributed by atoms with Gasteiger partial charge in [-0.15, -0.1) is 0 Å². The Bertz CT molecular complexity index is 1310. The Morgan fingerprint density at radius 1 is 0.516 bits per heavy atom. The van der Waals surface area contributed by atoms with Crippen LogP contribution in [0.5, 0.6) is 0 Å². The summed E-state index contributed by atoms with van der Waals surface area (Å²) in [5.41, 5.74) is 0. The van der Waals surface area contributed by atoms with Gasteiger partial charge in [0.05, 0.1) is 34.2 Å². The predicted octanol–water partition coefficient (Wildman–Crippen LogP) is 15.4. The maximum Gasteiger partial charge on any atom is 0.472 e. The minimum absolute atomic E-state index is 0.00644. The van der Waals surface area contributed by atoms with Crippen LogP contribution in [0, 0.1) is 0 Å². The van der Waals surface area contributed by atoms with Crippen LogP contribution in [-0.2, 0) is 32.7 Å². The number of unbranched alkanes of at least 4 members (excludes halogenated alkanes) is 21. The van der Waals surface area contributed by atoms with Crippen molar-refractivity contribution in [2.24, 2.45) is 0 Å². The second-order valence-electron chi connectivity index (χ2n) is 18.2. The van der Waals surface area contributed by atoms with E-state index in [1.807, 2.05) is 33.3 Å². The standard InChI is InChI=1S/C54H96NO8P/c1-6-8-10-12-14-16-18-20-22-23-24-25-26-27-28-29-30-31-33-34-36-38-40-42-44-46-53(56)60-50-52(51-62-64(58,59)61-49-48-55(3,4)5)63-54(57)47-45-43-41-39-37-35-32-21-19-17-15-13-11-9-7-2/h9,11,15,17,21,23-24,32,37,39,43,45,52H,6-8,10,12-14,16,18-20,22,25-31,33-36,38,40-42,44,46-51H2,1-5H3/p+1/b11-9-,17-15-,24-23-,32-21-,39-37-,45-43-. The number of hydrogen-bond acceptors (Lipinski definition) is 7. The van der Waals surface area contributed by atoms with Crippen LogP contribution in [-0.4, -0.2) is 74.9 Å². The minimum atomic E-state index is -4.41. The van der Waals surface area contributed by atoms with Gasteiger partial charge in [-0.25, -0.2) is 4.57 Å². The molecule has 0 rings (SSSR count). The summed E-state index contributed by atoms with van der Waals surface area (Å²) in [6, 6.07) is 0. The molecule has 2 atom stereocenters. The lowest BCUT2D eigenvalue weighted by Crippen LogP contribution is -2.37. The van der Waals surface area contributed by atoms with Crippen LogP contribution in [0.4, 0.5) is 0 Å². The van der Waals surface area contributed by atoms with Gasteiger partial charge in [0.2, 0.25) is 0 Å². The van der Waals surface area contributed by atoms with Crippen LogP contribution >= 0.6 is 7.82 Å². The van der Waals surface area contributed by atoms with E-state index in [4.69, 9.17) is 18.5 Å². The number of esters is 2. The number of hydrogen-bond donors (Lipinski definition) is 1. The number of likely N-dealkylation sites (N-methyl/N-ethyl adjacent to an activating group) is 1. The lowest BCUT2D eigenvalue weighted by molar-refractivity contribution is -0.870. The molecule has 10 heteroatoms. The smallest absolute Gasteiger partial charge is 0.462 e. The van der Waals surface area contributed by atoms with Gasteiger partial charge < -0.3 is 18.9 Å². The first-order valence-electron chi connectivity index (χ1n) is 25.7. The molecule has 0 aliphatic heterocycles. The summed E-state index contributed by atoms with van der Waals surface area (Å²) in [6.07, 6.45) is 58.6. The average Bonchev–Trinajstić information content (AvgIpc) is 3.25. The van der Waals surface area contributed by atoms with Gasteiger partial charge in [-0.05, 0) is 64.2 Å². The normalized spacial score (nSPS) is 14.0. The Morgan fingerprint density at radius 3 is 1.39 bits per heavy atom. The Morgan fingerprint density at radius 2 is 0.938 bits per heavy atom. The highest BCUT2D eigenvalue weighted by molar-refractivity contribution is 7.47. The highest BCUT2D eigenvalue weighted by Gasteiger charge is 2.27. The summed E-state index contributed by atoms with van der Waals surface area (Å²) in [5, 5.41) is 0. The van der Waals surface area contributed by atoms with E-state index in [1.54, 1.807) is 6.08 Å². The highest BCUT2D eigenvalue weighted by Crippen LogP contribution is 2.43. The molecule has 0 bridgehead atoms. The van der Waals surface area contributed by atoms with Gasteiger partial charge >= 0.3 is 19.8 Å². The first-order chi connectivity index (χ1) is 31.0. The number of carbonyl (C=O) groups is 2. The van der Waals surface area contributed by atoms with Gasteiger partial charge in [0.1, 0.15) is 19.8 Å². The van der Waals surface area contributed by atoms with Crippen molar-refractivity contribution in [1.82, 2.24) is 0 Å². The fraction of sp³-hybridized carbons (Fsp3) is 0.741. The summed E-state index contributed by atoms with van der Waals surface area (Å²) in [4.78, 5) is 35.4. The van der Waals surface area contributed by atoms with Gasteiger partial charge in [0.25, 0.3) is 0 Å².